The number of hydrogen-bond acceptors (Lipinski definition) is 1. The highest BCUT2D eigenvalue weighted by Gasteiger charge is 2.09. The lowest BCUT2D eigenvalue weighted by Crippen LogP contribution is -2.00. The third-order valence-corrected chi connectivity index (χ3v) is 2.92. The van der Waals surface area contributed by atoms with Gasteiger partial charge in [0.25, 0.3) is 0 Å². The van der Waals surface area contributed by atoms with Gasteiger partial charge in [0.2, 0.25) is 0 Å². The van der Waals surface area contributed by atoms with E-state index in [4.69, 9.17) is 4.74 Å². The molecule has 1 rings (SSSR count). The summed E-state index contributed by atoms with van der Waals surface area (Å²) in [6.07, 6.45) is 1.97. The Hall–Kier alpha value is -1.42. The summed E-state index contributed by atoms with van der Waals surface area (Å²) in [6, 6.07) is 6.41. The van der Waals surface area contributed by atoms with Gasteiger partial charge in [0.15, 0.2) is 0 Å². The lowest BCUT2D eigenvalue weighted by Gasteiger charge is -2.15. The van der Waals surface area contributed by atoms with E-state index in [0.29, 0.717) is 5.92 Å². The first-order valence-electron chi connectivity index (χ1n) is 6.38. The van der Waals surface area contributed by atoms with Crippen LogP contribution in [0.15, 0.2) is 18.2 Å². The first-order valence-corrected chi connectivity index (χ1v) is 6.38. The van der Waals surface area contributed by atoms with E-state index in [0.717, 1.165) is 25.2 Å². The Morgan fingerprint density at radius 3 is 2.65 bits per heavy atom. The van der Waals surface area contributed by atoms with Crippen LogP contribution in [0.25, 0.3) is 0 Å². The maximum atomic E-state index is 5.54. The Kier molecular flexibility index (Phi) is 5.63. The van der Waals surface area contributed by atoms with E-state index in [2.05, 4.69) is 43.9 Å². The van der Waals surface area contributed by atoms with Crippen molar-refractivity contribution in [3.8, 4) is 17.6 Å². The second kappa shape index (κ2) is 7.01. The third kappa shape index (κ3) is 3.82. The molecule has 0 aliphatic rings. The largest absolute Gasteiger partial charge is 0.494 e. The zero-order valence-electron chi connectivity index (χ0n) is 11.3. The summed E-state index contributed by atoms with van der Waals surface area (Å²) in [6.45, 7) is 9.05. The molecule has 0 bridgehead atoms. The number of hydrogen-bond donors (Lipinski definition) is 0. The van der Waals surface area contributed by atoms with Gasteiger partial charge in [0.1, 0.15) is 5.75 Å². The number of benzene rings is 1. The van der Waals surface area contributed by atoms with Crippen molar-refractivity contribution in [2.45, 2.75) is 46.5 Å². The highest BCUT2D eigenvalue weighted by atomic mass is 16.5. The summed E-state index contributed by atoms with van der Waals surface area (Å²) in [4.78, 5) is 0. The lowest BCUT2D eigenvalue weighted by molar-refractivity contribution is 0.339. The van der Waals surface area contributed by atoms with Crippen molar-refractivity contribution in [2.75, 3.05) is 6.61 Å². The number of rotatable bonds is 5. The Labute approximate surface area is 105 Å². The molecule has 0 spiro atoms. The maximum absolute atomic E-state index is 5.54. The zero-order valence-corrected chi connectivity index (χ0v) is 11.3. The molecule has 92 valence electrons. The van der Waals surface area contributed by atoms with Gasteiger partial charge in [-0.05, 0) is 49.4 Å². The molecule has 0 heterocycles. The number of ether oxygens (including phenoxy) is 1. The van der Waals surface area contributed by atoms with Crippen molar-refractivity contribution in [1.29, 1.82) is 0 Å². The molecular weight excluding hydrogens is 208 g/mol. The average Bonchev–Trinajstić information content (AvgIpc) is 2.36. The minimum atomic E-state index is 0.494. The number of aryl methyl sites for hydroxylation is 1. The SMILES string of the molecule is CC#CCC(C)c1ccc(OCC)cc1CC. The molecule has 0 aromatic heterocycles. The molecule has 1 heteroatoms. The van der Waals surface area contributed by atoms with Gasteiger partial charge in [0, 0.05) is 6.42 Å². The molecule has 0 saturated carbocycles. The molecule has 0 N–H and O–H groups in total. The van der Waals surface area contributed by atoms with Gasteiger partial charge in [-0.2, -0.15) is 0 Å². The fourth-order valence-corrected chi connectivity index (χ4v) is 1.99. The fourth-order valence-electron chi connectivity index (χ4n) is 1.99. The van der Waals surface area contributed by atoms with Crippen LogP contribution < -0.4 is 4.74 Å². The smallest absolute Gasteiger partial charge is 0.119 e. The topological polar surface area (TPSA) is 9.23 Å². The average molecular weight is 230 g/mol. The van der Waals surface area contributed by atoms with Crippen molar-refractivity contribution in [3.63, 3.8) is 0 Å². The van der Waals surface area contributed by atoms with Crippen LogP contribution >= 0.6 is 0 Å². The van der Waals surface area contributed by atoms with E-state index in [1.807, 2.05) is 13.8 Å². The van der Waals surface area contributed by atoms with Crippen LogP contribution in [0, 0.1) is 11.8 Å². The van der Waals surface area contributed by atoms with Gasteiger partial charge >= 0.3 is 0 Å². The Balaban J connectivity index is 2.93. The van der Waals surface area contributed by atoms with Gasteiger partial charge in [-0.3, -0.25) is 0 Å². The minimum absolute atomic E-state index is 0.494. The predicted octanol–water partition coefficient (Wildman–Crippen LogP) is 4.16. The van der Waals surface area contributed by atoms with Crippen molar-refractivity contribution < 1.29 is 4.74 Å². The van der Waals surface area contributed by atoms with Crippen LogP contribution in [0.4, 0.5) is 0 Å². The molecule has 0 amide bonds. The van der Waals surface area contributed by atoms with Crippen LogP contribution in [0.5, 0.6) is 5.75 Å². The van der Waals surface area contributed by atoms with Gasteiger partial charge < -0.3 is 4.74 Å². The van der Waals surface area contributed by atoms with Crippen molar-refractivity contribution >= 4 is 0 Å². The summed E-state index contributed by atoms with van der Waals surface area (Å²) in [7, 11) is 0. The van der Waals surface area contributed by atoms with Crippen molar-refractivity contribution in [1.82, 2.24) is 0 Å². The van der Waals surface area contributed by atoms with E-state index in [-0.39, 0.29) is 0 Å². The summed E-state index contributed by atoms with van der Waals surface area (Å²) in [5.74, 6) is 7.59. The van der Waals surface area contributed by atoms with E-state index in [1.54, 1.807) is 0 Å². The molecule has 1 unspecified atom stereocenters. The quantitative estimate of drug-likeness (QED) is 0.690. The Morgan fingerprint density at radius 1 is 1.29 bits per heavy atom. The zero-order chi connectivity index (χ0) is 12.7. The van der Waals surface area contributed by atoms with E-state index < -0.39 is 0 Å². The van der Waals surface area contributed by atoms with Gasteiger partial charge in [-0.15, -0.1) is 11.8 Å². The van der Waals surface area contributed by atoms with Gasteiger partial charge in [-0.25, -0.2) is 0 Å². The molecule has 0 aliphatic heterocycles. The molecule has 1 atom stereocenters. The highest BCUT2D eigenvalue weighted by molar-refractivity contribution is 5.38. The highest BCUT2D eigenvalue weighted by Crippen LogP contribution is 2.26. The van der Waals surface area contributed by atoms with Crippen molar-refractivity contribution in [3.05, 3.63) is 29.3 Å². The molecule has 1 nitrogen and oxygen atoms in total. The summed E-state index contributed by atoms with van der Waals surface area (Å²) >= 11 is 0. The molecule has 0 fully saturated rings. The van der Waals surface area contributed by atoms with Gasteiger partial charge in [0.05, 0.1) is 6.61 Å². The van der Waals surface area contributed by atoms with Gasteiger partial charge in [-0.1, -0.05) is 19.9 Å². The molecule has 0 saturated heterocycles. The minimum Gasteiger partial charge on any atom is -0.494 e. The lowest BCUT2D eigenvalue weighted by atomic mass is 9.92. The third-order valence-electron chi connectivity index (χ3n) is 2.92. The first kappa shape index (κ1) is 13.6. The van der Waals surface area contributed by atoms with Crippen LogP contribution in [0.3, 0.4) is 0 Å². The van der Waals surface area contributed by atoms with E-state index in [9.17, 15) is 0 Å². The Morgan fingerprint density at radius 2 is 2.06 bits per heavy atom. The molecule has 17 heavy (non-hydrogen) atoms. The van der Waals surface area contributed by atoms with Crippen LogP contribution in [0.2, 0.25) is 0 Å². The summed E-state index contributed by atoms with van der Waals surface area (Å²) < 4.78 is 5.54. The second-order valence-corrected chi connectivity index (χ2v) is 4.18. The summed E-state index contributed by atoms with van der Waals surface area (Å²) in [5.41, 5.74) is 2.78. The van der Waals surface area contributed by atoms with Crippen LogP contribution in [-0.2, 0) is 6.42 Å². The second-order valence-electron chi connectivity index (χ2n) is 4.18. The normalized spacial score (nSPS) is 11.5. The monoisotopic (exact) mass is 230 g/mol. The van der Waals surface area contributed by atoms with Crippen molar-refractivity contribution in [2.24, 2.45) is 0 Å². The molecule has 1 aromatic carbocycles. The summed E-state index contributed by atoms with van der Waals surface area (Å²) in [5, 5.41) is 0. The van der Waals surface area contributed by atoms with Crippen LogP contribution in [-0.4, -0.2) is 6.61 Å². The Bertz CT molecular complexity index is 409. The standard InChI is InChI=1S/C16H22O/c1-5-8-9-13(4)16-11-10-15(17-7-3)12-14(16)6-2/h10-13H,6-7,9H2,1-4H3. The van der Waals surface area contributed by atoms with E-state index in [1.165, 1.54) is 11.1 Å². The molecular formula is C16H22O. The van der Waals surface area contributed by atoms with E-state index >= 15 is 0 Å². The maximum Gasteiger partial charge on any atom is 0.119 e. The molecule has 0 aliphatic carbocycles. The molecule has 0 radical (unpaired) electrons. The first-order chi connectivity index (χ1) is 8.22. The molecule has 1 aromatic rings. The van der Waals surface area contributed by atoms with Crippen LogP contribution in [0.1, 0.15) is 51.2 Å². The fraction of sp³-hybridized carbons (Fsp3) is 0.500. The predicted molar refractivity (Wildman–Crippen MR) is 73.5 cm³/mol.